The van der Waals surface area contributed by atoms with Crippen LogP contribution < -0.4 is 10.1 Å². The van der Waals surface area contributed by atoms with E-state index in [1.165, 1.54) is 0 Å². The molecule has 7 nitrogen and oxygen atoms in total. The Bertz CT molecular complexity index is 872. The predicted octanol–water partition coefficient (Wildman–Crippen LogP) is 3.46. The summed E-state index contributed by atoms with van der Waals surface area (Å²) in [5.74, 6) is 0.411. The van der Waals surface area contributed by atoms with Crippen molar-refractivity contribution in [1.82, 2.24) is 15.2 Å². The van der Waals surface area contributed by atoms with E-state index in [2.05, 4.69) is 20.5 Å². The highest BCUT2D eigenvalue weighted by atomic mass is 32.1. The lowest BCUT2D eigenvalue weighted by molar-refractivity contribution is 0.102. The van der Waals surface area contributed by atoms with Gasteiger partial charge in [-0.3, -0.25) is 10.1 Å². The largest absolute Gasteiger partial charge is 0.493 e. The SMILES string of the molecule is CCOc1ccccc1C(=O)Nc1nnc(-c2nc(C)sc2C)o1. The minimum atomic E-state index is -0.375. The number of thiazole rings is 1. The molecule has 0 saturated carbocycles. The Labute approximate surface area is 142 Å². The van der Waals surface area contributed by atoms with Crippen molar-refractivity contribution >= 4 is 23.3 Å². The number of ether oxygens (including phenoxy) is 1. The van der Waals surface area contributed by atoms with Crippen molar-refractivity contribution in [2.24, 2.45) is 0 Å². The highest BCUT2D eigenvalue weighted by Crippen LogP contribution is 2.27. The first-order chi connectivity index (χ1) is 11.6. The molecule has 1 aromatic carbocycles. The summed E-state index contributed by atoms with van der Waals surface area (Å²) >= 11 is 1.55. The molecule has 0 spiro atoms. The zero-order valence-corrected chi connectivity index (χ0v) is 14.3. The molecule has 3 rings (SSSR count). The monoisotopic (exact) mass is 344 g/mol. The van der Waals surface area contributed by atoms with Crippen molar-refractivity contribution in [1.29, 1.82) is 0 Å². The van der Waals surface area contributed by atoms with Gasteiger partial charge in [-0.2, -0.15) is 0 Å². The van der Waals surface area contributed by atoms with Gasteiger partial charge in [0.2, 0.25) is 0 Å². The van der Waals surface area contributed by atoms with E-state index in [9.17, 15) is 4.79 Å². The standard InChI is InChI=1S/C16H16N4O3S/c1-4-22-12-8-6-5-7-11(12)14(21)18-16-20-19-15(23-16)13-9(2)24-10(3)17-13/h5-8H,4H2,1-3H3,(H,18,20,21). The summed E-state index contributed by atoms with van der Waals surface area (Å²) in [6.07, 6.45) is 0. The molecule has 2 aromatic heterocycles. The van der Waals surface area contributed by atoms with E-state index in [1.807, 2.05) is 20.8 Å². The summed E-state index contributed by atoms with van der Waals surface area (Å²) < 4.78 is 11.0. The minimum absolute atomic E-state index is 0.0198. The Kier molecular flexibility index (Phi) is 4.57. The third-order valence-electron chi connectivity index (χ3n) is 3.18. The van der Waals surface area contributed by atoms with Crippen molar-refractivity contribution in [3.63, 3.8) is 0 Å². The van der Waals surface area contributed by atoms with Gasteiger partial charge in [0, 0.05) is 4.88 Å². The molecule has 1 N–H and O–H groups in total. The first kappa shape index (κ1) is 16.1. The van der Waals surface area contributed by atoms with Crippen molar-refractivity contribution in [3.05, 3.63) is 39.7 Å². The van der Waals surface area contributed by atoms with Crippen LogP contribution in [0.15, 0.2) is 28.7 Å². The van der Waals surface area contributed by atoms with Crippen LogP contribution in [-0.2, 0) is 0 Å². The summed E-state index contributed by atoms with van der Waals surface area (Å²) in [7, 11) is 0. The molecule has 0 aliphatic carbocycles. The zero-order chi connectivity index (χ0) is 17.1. The Morgan fingerprint density at radius 2 is 2.08 bits per heavy atom. The van der Waals surface area contributed by atoms with Crippen molar-refractivity contribution in [3.8, 4) is 17.3 Å². The number of rotatable bonds is 5. The van der Waals surface area contributed by atoms with Crippen molar-refractivity contribution in [2.75, 3.05) is 11.9 Å². The topological polar surface area (TPSA) is 90.1 Å². The van der Waals surface area contributed by atoms with Crippen molar-refractivity contribution < 1.29 is 13.9 Å². The number of anilines is 1. The van der Waals surface area contributed by atoms with Crippen LogP contribution in [0.2, 0.25) is 0 Å². The number of nitrogens with zero attached hydrogens (tertiary/aromatic N) is 3. The molecule has 0 aliphatic rings. The van der Waals surface area contributed by atoms with Crippen LogP contribution in [0.1, 0.15) is 27.2 Å². The highest BCUT2D eigenvalue weighted by Gasteiger charge is 2.18. The van der Waals surface area contributed by atoms with Gasteiger partial charge in [-0.05, 0) is 32.9 Å². The van der Waals surface area contributed by atoms with Crippen LogP contribution >= 0.6 is 11.3 Å². The molecule has 3 aromatic rings. The number of carbonyl (C=O) groups excluding carboxylic acids is 1. The van der Waals surface area contributed by atoms with E-state index < -0.39 is 0 Å². The van der Waals surface area contributed by atoms with Crippen LogP contribution in [0.25, 0.3) is 11.6 Å². The van der Waals surface area contributed by atoms with Gasteiger partial charge in [-0.1, -0.05) is 17.2 Å². The molecule has 0 radical (unpaired) electrons. The third-order valence-corrected chi connectivity index (χ3v) is 4.07. The van der Waals surface area contributed by atoms with E-state index in [0.29, 0.717) is 23.6 Å². The fourth-order valence-electron chi connectivity index (χ4n) is 2.20. The molecule has 0 unspecified atom stereocenters. The maximum Gasteiger partial charge on any atom is 0.322 e. The molecular formula is C16H16N4O3S. The molecule has 0 fully saturated rings. The number of amides is 1. The Hall–Kier alpha value is -2.74. The van der Waals surface area contributed by atoms with Gasteiger partial charge in [0.05, 0.1) is 17.2 Å². The molecule has 0 saturated heterocycles. The van der Waals surface area contributed by atoms with Gasteiger partial charge in [0.25, 0.3) is 11.8 Å². The van der Waals surface area contributed by atoms with E-state index in [-0.39, 0.29) is 17.8 Å². The third kappa shape index (κ3) is 3.28. The number of hydrogen-bond donors (Lipinski definition) is 1. The van der Waals surface area contributed by atoms with Gasteiger partial charge in [-0.15, -0.1) is 16.4 Å². The minimum Gasteiger partial charge on any atom is -0.493 e. The lowest BCUT2D eigenvalue weighted by Crippen LogP contribution is -2.13. The normalized spacial score (nSPS) is 10.6. The lowest BCUT2D eigenvalue weighted by Gasteiger charge is -2.08. The lowest BCUT2D eigenvalue weighted by atomic mass is 10.2. The van der Waals surface area contributed by atoms with E-state index in [1.54, 1.807) is 35.6 Å². The second-order valence-corrected chi connectivity index (χ2v) is 6.34. The number of nitrogens with one attached hydrogen (secondary N) is 1. The number of para-hydroxylation sites is 1. The average molecular weight is 344 g/mol. The van der Waals surface area contributed by atoms with Crippen LogP contribution in [0.3, 0.4) is 0 Å². The molecule has 124 valence electrons. The van der Waals surface area contributed by atoms with E-state index in [4.69, 9.17) is 9.15 Å². The maximum atomic E-state index is 12.4. The van der Waals surface area contributed by atoms with Gasteiger partial charge in [-0.25, -0.2) is 4.98 Å². The zero-order valence-electron chi connectivity index (χ0n) is 13.5. The Morgan fingerprint density at radius 3 is 2.79 bits per heavy atom. The van der Waals surface area contributed by atoms with Crippen LogP contribution in [0.4, 0.5) is 6.01 Å². The molecule has 2 heterocycles. The van der Waals surface area contributed by atoms with Gasteiger partial charge < -0.3 is 9.15 Å². The van der Waals surface area contributed by atoms with Crippen LogP contribution in [-0.4, -0.2) is 27.7 Å². The number of aryl methyl sites for hydroxylation is 2. The quantitative estimate of drug-likeness (QED) is 0.762. The van der Waals surface area contributed by atoms with E-state index >= 15 is 0 Å². The second kappa shape index (κ2) is 6.79. The number of benzene rings is 1. The summed E-state index contributed by atoms with van der Waals surface area (Å²) in [6.45, 7) is 6.17. The molecular weight excluding hydrogens is 328 g/mol. The number of aromatic nitrogens is 3. The van der Waals surface area contributed by atoms with Gasteiger partial charge >= 0.3 is 6.01 Å². The fraction of sp³-hybridized carbons (Fsp3) is 0.250. The summed E-state index contributed by atoms with van der Waals surface area (Å²) in [4.78, 5) is 17.7. The molecule has 24 heavy (non-hydrogen) atoms. The molecule has 8 heteroatoms. The molecule has 1 amide bonds. The number of carbonyl (C=O) groups is 1. The van der Waals surface area contributed by atoms with Crippen molar-refractivity contribution in [2.45, 2.75) is 20.8 Å². The number of hydrogen-bond acceptors (Lipinski definition) is 7. The summed E-state index contributed by atoms with van der Waals surface area (Å²) in [6, 6.07) is 6.99. The van der Waals surface area contributed by atoms with Gasteiger partial charge in [0.1, 0.15) is 11.4 Å². The second-order valence-electron chi connectivity index (χ2n) is 4.93. The van der Waals surface area contributed by atoms with E-state index in [0.717, 1.165) is 9.88 Å². The molecule has 0 aliphatic heterocycles. The smallest absolute Gasteiger partial charge is 0.322 e. The Balaban J connectivity index is 1.80. The van der Waals surface area contributed by atoms with Crippen LogP contribution in [0, 0.1) is 13.8 Å². The predicted molar refractivity (Wildman–Crippen MR) is 90.4 cm³/mol. The Morgan fingerprint density at radius 1 is 1.29 bits per heavy atom. The van der Waals surface area contributed by atoms with Gasteiger partial charge in [0.15, 0.2) is 0 Å². The maximum absolute atomic E-state index is 12.4. The first-order valence-electron chi connectivity index (χ1n) is 7.39. The summed E-state index contributed by atoms with van der Waals surface area (Å²) in [5.41, 5.74) is 1.04. The molecule has 0 bridgehead atoms. The van der Waals surface area contributed by atoms with Crippen LogP contribution in [0.5, 0.6) is 5.75 Å². The average Bonchev–Trinajstić information content (AvgIpc) is 3.14. The summed E-state index contributed by atoms with van der Waals surface area (Å²) in [5, 5.41) is 11.3. The first-order valence-corrected chi connectivity index (χ1v) is 8.21. The molecule has 0 atom stereocenters. The fourth-order valence-corrected chi connectivity index (χ4v) is 3.01. The highest BCUT2D eigenvalue weighted by molar-refractivity contribution is 7.11.